The number of likely N-dealkylation sites (tertiary alicyclic amines) is 1. The van der Waals surface area contributed by atoms with E-state index in [1.807, 2.05) is 6.07 Å². The number of amides is 2. The van der Waals surface area contributed by atoms with E-state index in [0.29, 0.717) is 30.9 Å². The molecule has 1 aromatic heterocycles. The molecule has 9 nitrogen and oxygen atoms in total. The summed E-state index contributed by atoms with van der Waals surface area (Å²) in [6.07, 6.45) is 0.676. The number of fused-ring (bicyclic) bond motifs is 4. The van der Waals surface area contributed by atoms with E-state index in [1.165, 1.54) is 0 Å². The van der Waals surface area contributed by atoms with Crippen molar-refractivity contribution in [2.24, 2.45) is 5.92 Å². The molecule has 2 aliphatic rings. The van der Waals surface area contributed by atoms with Gasteiger partial charge >= 0.3 is 5.97 Å². The number of ether oxygens (including phenoxy) is 1. The monoisotopic (exact) mass is 439 g/mol. The first-order valence-corrected chi connectivity index (χ1v) is 10.5. The minimum absolute atomic E-state index is 0.00955. The molecular formula is C23H25N3O6. The molecule has 1 aromatic carbocycles. The van der Waals surface area contributed by atoms with Crippen LogP contribution in [0, 0.1) is 5.92 Å². The van der Waals surface area contributed by atoms with Gasteiger partial charge in [-0.15, -0.1) is 0 Å². The molecule has 2 amide bonds. The maximum absolute atomic E-state index is 13.1. The van der Waals surface area contributed by atoms with E-state index in [9.17, 15) is 19.2 Å². The van der Waals surface area contributed by atoms with Gasteiger partial charge in [0, 0.05) is 43.2 Å². The molecule has 168 valence electrons. The lowest BCUT2D eigenvalue weighted by atomic mass is 9.83. The molecular weight excluding hydrogens is 414 g/mol. The van der Waals surface area contributed by atoms with Crippen LogP contribution in [0.1, 0.15) is 41.2 Å². The molecule has 3 heterocycles. The fourth-order valence-electron chi connectivity index (χ4n) is 4.55. The predicted octanol–water partition coefficient (Wildman–Crippen LogP) is 1.92. The topological polar surface area (TPSA) is 118 Å². The lowest BCUT2D eigenvalue weighted by Crippen LogP contribution is -2.49. The van der Waals surface area contributed by atoms with Crippen LogP contribution >= 0.6 is 0 Å². The molecule has 1 saturated heterocycles. The zero-order chi connectivity index (χ0) is 22.8. The third-order valence-electron chi connectivity index (χ3n) is 6.11. The third kappa shape index (κ3) is 4.37. The Bertz CT molecular complexity index is 1110. The molecule has 0 aliphatic carbocycles. The first kappa shape index (κ1) is 21.6. The van der Waals surface area contributed by atoms with E-state index in [4.69, 9.17) is 9.84 Å². The van der Waals surface area contributed by atoms with Crippen molar-refractivity contribution in [2.45, 2.75) is 31.7 Å². The molecule has 32 heavy (non-hydrogen) atoms. The molecule has 2 aromatic rings. The Morgan fingerprint density at radius 2 is 1.81 bits per heavy atom. The Hall–Kier alpha value is -3.62. The number of carboxylic acids is 1. The van der Waals surface area contributed by atoms with Crippen molar-refractivity contribution in [1.29, 1.82) is 0 Å². The van der Waals surface area contributed by atoms with E-state index in [0.717, 1.165) is 12.1 Å². The number of nitrogens with one attached hydrogen (secondary N) is 1. The second-order valence-electron chi connectivity index (χ2n) is 8.26. The SMILES string of the molecule is COc1ccc(C(=O)Nc2ccc3n(c2=O)C[C@H]2C[C@@H]3CN(C(=O)CCC(=O)O)C2)cc1. The molecule has 1 fully saturated rings. The fraction of sp³-hybridized carbons (Fsp3) is 0.391. The predicted molar refractivity (Wildman–Crippen MR) is 116 cm³/mol. The van der Waals surface area contributed by atoms with Gasteiger partial charge in [-0.1, -0.05) is 0 Å². The van der Waals surface area contributed by atoms with Crippen molar-refractivity contribution in [3.8, 4) is 5.75 Å². The second kappa shape index (κ2) is 8.86. The standard InChI is InChI=1S/C23H25N3O6/c1-32-17-4-2-15(3-5-17)22(30)24-18-6-7-19-16-10-14(12-26(19)23(18)31)11-25(13-16)20(27)8-9-21(28)29/h2-7,14,16H,8-13H2,1H3,(H,24,30)(H,28,29)/t14-,16+/m0/s1. The molecule has 2 N–H and O–H groups in total. The van der Waals surface area contributed by atoms with Crippen LogP contribution in [0.5, 0.6) is 5.75 Å². The summed E-state index contributed by atoms with van der Waals surface area (Å²) in [5, 5.41) is 11.5. The number of pyridine rings is 1. The number of aromatic nitrogens is 1. The summed E-state index contributed by atoms with van der Waals surface area (Å²) >= 11 is 0. The van der Waals surface area contributed by atoms with Crippen molar-refractivity contribution in [2.75, 3.05) is 25.5 Å². The van der Waals surface area contributed by atoms with E-state index >= 15 is 0 Å². The second-order valence-corrected chi connectivity index (χ2v) is 8.26. The van der Waals surface area contributed by atoms with Gasteiger partial charge in [-0.2, -0.15) is 0 Å². The number of rotatable bonds is 6. The smallest absolute Gasteiger partial charge is 0.303 e. The molecule has 0 saturated carbocycles. The van der Waals surface area contributed by atoms with Gasteiger partial charge < -0.3 is 24.6 Å². The zero-order valence-electron chi connectivity index (χ0n) is 17.7. The Kier molecular flexibility index (Phi) is 5.98. The van der Waals surface area contributed by atoms with Crippen molar-refractivity contribution < 1.29 is 24.2 Å². The van der Waals surface area contributed by atoms with Gasteiger partial charge in [-0.25, -0.2) is 0 Å². The highest BCUT2D eigenvalue weighted by atomic mass is 16.5. The minimum Gasteiger partial charge on any atom is -0.497 e. The minimum atomic E-state index is -0.989. The number of piperidine rings is 1. The number of benzene rings is 1. The van der Waals surface area contributed by atoms with Crippen molar-refractivity contribution in [3.05, 3.63) is 58.0 Å². The van der Waals surface area contributed by atoms with E-state index in [-0.39, 0.29) is 47.7 Å². The van der Waals surface area contributed by atoms with Gasteiger partial charge in [0.2, 0.25) is 5.91 Å². The number of hydrogen-bond acceptors (Lipinski definition) is 5. The Morgan fingerprint density at radius 3 is 2.50 bits per heavy atom. The summed E-state index contributed by atoms with van der Waals surface area (Å²) < 4.78 is 6.79. The maximum Gasteiger partial charge on any atom is 0.303 e. The molecule has 2 bridgehead atoms. The largest absolute Gasteiger partial charge is 0.497 e. The molecule has 2 atom stereocenters. The van der Waals surface area contributed by atoms with Gasteiger partial charge in [0.15, 0.2) is 0 Å². The number of aliphatic carboxylic acids is 1. The van der Waals surface area contributed by atoms with Crippen LogP contribution in [0.4, 0.5) is 5.69 Å². The third-order valence-corrected chi connectivity index (χ3v) is 6.11. The lowest BCUT2D eigenvalue weighted by molar-refractivity contribution is -0.141. The molecule has 0 radical (unpaired) electrons. The molecule has 2 aliphatic heterocycles. The normalized spacial score (nSPS) is 19.1. The van der Waals surface area contributed by atoms with Crippen molar-refractivity contribution >= 4 is 23.5 Å². The van der Waals surface area contributed by atoms with Crippen LogP contribution in [0.15, 0.2) is 41.2 Å². The molecule has 0 unspecified atom stereocenters. The van der Waals surface area contributed by atoms with E-state index in [1.54, 1.807) is 46.9 Å². The summed E-state index contributed by atoms with van der Waals surface area (Å²) in [7, 11) is 1.55. The molecule has 4 rings (SSSR count). The number of nitrogens with zero attached hydrogens (tertiary/aromatic N) is 2. The quantitative estimate of drug-likeness (QED) is 0.710. The van der Waals surface area contributed by atoms with Gasteiger partial charge in [0.05, 0.1) is 13.5 Å². The Morgan fingerprint density at radius 1 is 1.06 bits per heavy atom. The Labute approximate surface area is 184 Å². The average molecular weight is 439 g/mol. The molecule has 9 heteroatoms. The first-order valence-electron chi connectivity index (χ1n) is 10.5. The number of anilines is 1. The summed E-state index contributed by atoms with van der Waals surface area (Å²) in [4.78, 5) is 50.5. The number of carbonyl (C=O) groups is 3. The zero-order valence-corrected chi connectivity index (χ0v) is 17.7. The Balaban J connectivity index is 1.50. The van der Waals surface area contributed by atoms with Crippen LogP contribution < -0.4 is 15.6 Å². The summed E-state index contributed by atoms with van der Waals surface area (Å²) in [5.74, 6) is -0.775. The highest BCUT2D eigenvalue weighted by Gasteiger charge is 2.36. The van der Waals surface area contributed by atoms with Gasteiger partial charge in [-0.3, -0.25) is 19.2 Å². The van der Waals surface area contributed by atoms with E-state index in [2.05, 4.69) is 5.32 Å². The summed E-state index contributed by atoms with van der Waals surface area (Å²) in [6, 6.07) is 10.1. The first-order chi connectivity index (χ1) is 15.4. The number of carbonyl (C=O) groups excluding carboxylic acids is 2. The fourth-order valence-corrected chi connectivity index (χ4v) is 4.55. The number of hydrogen-bond donors (Lipinski definition) is 2. The van der Waals surface area contributed by atoms with Crippen LogP contribution in [0.2, 0.25) is 0 Å². The average Bonchev–Trinajstić information content (AvgIpc) is 2.79. The van der Waals surface area contributed by atoms with E-state index < -0.39 is 5.97 Å². The van der Waals surface area contributed by atoms with Crippen LogP contribution in [-0.4, -0.2) is 52.6 Å². The lowest BCUT2D eigenvalue weighted by Gasteiger charge is -2.43. The highest BCUT2D eigenvalue weighted by Crippen LogP contribution is 2.35. The number of methoxy groups -OCH3 is 1. The van der Waals surface area contributed by atoms with Crippen molar-refractivity contribution in [3.63, 3.8) is 0 Å². The maximum atomic E-state index is 13.1. The van der Waals surface area contributed by atoms with Gasteiger partial charge in [0.1, 0.15) is 11.4 Å². The summed E-state index contributed by atoms with van der Waals surface area (Å²) in [5.41, 5.74) is 1.21. The van der Waals surface area contributed by atoms with Gasteiger partial charge in [0.25, 0.3) is 11.5 Å². The highest BCUT2D eigenvalue weighted by molar-refractivity contribution is 6.04. The van der Waals surface area contributed by atoms with Crippen LogP contribution in [0.3, 0.4) is 0 Å². The summed E-state index contributed by atoms with van der Waals surface area (Å²) in [6.45, 7) is 1.43. The number of carboxylic acid groups (broad SMARTS) is 1. The molecule has 0 spiro atoms. The van der Waals surface area contributed by atoms with Crippen LogP contribution in [-0.2, 0) is 16.1 Å². The van der Waals surface area contributed by atoms with Crippen molar-refractivity contribution in [1.82, 2.24) is 9.47 Å². The van der Waals surface area contributed by atoms with Crippen LogP contribution in [0.25, 0.3) is 0 Å². The van der Waals surface area contributed by atoms with Gasteiger partial charge in [-0.05, 0) is 48.7 Å².